The van der Waals surface area contributed by atoms with E-state index in [1.54, 1.807) is 6.07 Å². The molecular formula is C14H19FN4S2. The maximum atomic E-state index is 13.7. The topological polar surface area (TPSA) is 41.1 Å². The molecule has 0 aliphatic heterocycles. The van der Waals surface area contributed by atoms with Crippen LogP contribution < -0.4 is 10.2 Å². The molecule has 0 radical (unpaired) electrons. The third-order valence-corrected chi connectivity index (χ3v) is 4.78. The Morgan fingerprint density at radius 2 is 2.10 bits per heavy atom. The Bertz CT molecular complexity index is 586. The summed E-state index contributed by atoms with van der Waals surface area (Å²) in [4.78, 5) is 2.76. The van der Waals surface area contributed by atoms with Crippen LogP contribution in [0, 0.1) is 5.82 Å². The summed E-state index contributed by atoms with van der Waals surface area (Å²) in [5.41, 5.74) is 0.947. The molecule has 1 aromatic heterocycles. The second kappa shape index (κ2) is 7.72. The van der Waals surface area contributed by atoms with Crippen LogP contribution >= 0.6 is 23.1 Å². The Labute approximate surface area is 132 Å². The summed E-state index contributed by atoms with van der Waals surface area (Å²) in [6.45, 7) is 3.72. The van der Waals surface area contributed by atoms with Gasteiger partial charge in [-0.05, 0) is 36.7 Å². The van der Waals surface area contributed by atoms with Gasteiger partial charge in [-0.15, -0.1) is 10.2 Å². The molecule has 1 N–H and O–H groups in total. The van der Waals surface area contributed by atoms with Crippen molar-refractivity contribution in [3.05, 3.63) is 29.6 Å². The maximum absolute atomic E-state index is 13.7. The average Bonchev–Trinajstić information content (AvgIpc) is 2.87. The smallest absolute Gasteiger partial charge is 0.208 e. The molecule has 0 aliphatic rings. The van der Waals surface area contributed by atoms with Crippen molar-refractivity contribution < 1.29 is 4.39 Å². The molecule has 0 unspecified atom stereocenters. The molecule has 0 saturated carbocycles. The van der Waals surface area contributed by atoms with Crippen LogP contribution in [0.15, 0.2) is 27.4 Å². The number of benzene rings is 1. The highest BCUT2D eigenvalue weighted by Crippen LogP contribution is 2.33. The van der Waals surface area contributed by atoms with Crippen LogP contribution in [0.2, 0.25) is 0 Å². The van der Waals surface area contributed by atoms with E-state index in [0.717, 1.165) is 32.9 Å². The fourth-order valence-electron chi connectivity index (χ4n) is 1.72. The van der Waals surface area contributed by atoms with Gasteiger partial charge in [0.25, 0.3) is 0 Å². The van der Waals surface area contributed by atoms with Gasteiger partial charge in [0.1, 0.15) is 5.82 Å². The second-order valence-corrected chi connectivity index (χ2v) is 7.10. The highest BCUT2D eigenvalue weighted by molar-refractivity contribution is 8.01. The number of anilines is 1. The third-order valence-electron chi connectivity index (χ3n) is 2.67. The normalized spacial score (nSPS) is 10.9. The van der Waals surface area contributed by atoms with E-state index in [2.05, 4.69) is 22.4 Å². The van der Waals surface area contributed by atoms with Gasteiger partial charge in [0, 0.05) is 25.5 Å². The summed E-state index contributed by atoms with van der Waals surface area (Å²) in [6, 6.07) is 5.09. The first-order chi connectivity index (χ1) is 10.1. The molecule has 1 aromatic carbocycles. The zero-order valence-corrected chi connectivity index (χ0v) is 14.0. The quantitative estimate of drug-likeness (QED) is 0.790. The fourth-order valence-corrected chi connectivity index (χ4v) is 3.56. The van der Waals surface area contributed by atoms with Gasteiger partial charge in [0.05, 0.1) is 0 Å². The van der Waals surface area contributed by atoms with Crippen LogP contribution in [-0.4, -0.2) is 30.8 Å². The molecule has 0 amide bonds. The van der Waals surface area contributed by atoms with E-state index in [1.165, 1.54) is 29.2 Å². The monoisotopic (exact) mass is 326 g/mol. The summed E-state index contributed by atoms with van der Waals surface area (Å²) < 4.78 is 14.5. The third kappa shape index (κ3) is 4.94. The van der Waals surface area contributed by atoms with Crippen molar-refractivity contribution in [1.82, 2.24) is 15.5 Å². The lowest BCUT2D eigenvalue weighted by atomic mass is 10.2. The first-order valence-electron chi connectivity index (χ1n) is 6.77. The first kappa shape index (κ1) is 16.2. The Morgan fingerprint density at radius 3 is 2.76 bits per heavy atom. The minimum Gasteiger partial charge on any atom is -0.353 e. The van der Waals surface area contributed by atoms with Gasteiger partial charge in [0.15, 0.2) is 4.34 Å². The molecule has 0 spiro atoms. The lowest BCUT2D eigenvalue weighted by Crippen LogP contribution is -2.13. The van der Waals surface area contributed by atoms with E-state index in [4.69, 9.17) is 0 Å². The van der Waals surface area contributed by atoms with E-state index in [0.29, 0.717) is 6.54 Å². The molecular weight excluding hydrogens is 307 g/mol. The van der Waals surface area contributed by atoms with E-state index in [9.17, 15) is 4.39 Å². The molecule has 21 heavy (non-hydrogen) atoms. The molecule has 7 heteroatoms. The van der Waals surface area contributed by atoms with Crippen LogP contribution in [0.3, 0.4) is 0 Å². The summed E-state index contributed by atoms with van der Waals surface area (Å²) in [5, 5.41) is 12.3. The van der Waals surface area contributed by atoms with Crippen LogP contribution in [0.25, 0.3) is 0 Å². The molecule has 2 aromatic rings. The number of halogens is 1. The molecule has 1 heterocycles. The summed E-state index contributed by atoms with van der Waals surface area (Å²) in [7, 11) is 3.85. The maximum Gasteiger partial charge on any atom is 0.208 e. The fraction of sp³-hybridized carbons (Fsp3) is 0.429. The lowest BCUT2D eigenvalue weighted by molar-refractivity contribution is 0.615. The van der Waals surface area contributed by atoms with E-state index in [-0.39, 0.29) is 5.82 Å². The number of nitrogens with zero attached hydrogens (tertiary/aromatic N) is 3. The molecule has 0 saturated heterocycles. The van der Waals surface area contributed by atoms with Gasteiger partial charge < -0.3 is 10.2 Å². The molecule has 0 atom stereocenters. The van der Waals surface area contributed by atoms with E-state index in [1.807, 2.05) is 25.1 Å². The molecule has 2 rings (SSSR count). The number of rotatable bonds is 7. The van der Waals surface area contributed by atoms with E-state index >= 15 is 0 Å². The zero-order valence-electron chi connectivity index (χ0n) is 12.4. The Balaban J connectivity index is 2.07. The van der Waals surface area contributed by atoms with Crippen LogP contribution in [0.5, 0.6) is 0 Å². The Morgan fingerprint density at radius 1 is 1.29 bits per heavy atom. The van der Waals surface area contributed by atoms with Crippen molar-refractivity contribution in [3.63, 3.8) is 0 Å². The minimum atomic E-state index is -0.217. The highest BCUT2D eigenvalue weighted by Gasteiger charge is 2.09. The van der Waals surface area contributed by atoms with Crippen molar-refractivity contribution in [2.24, 2.45) is 0 Å². The standard InChI is InChI=1S/C14H19FN4S2/c1-4-5-16-9-10-6-11(15)8-12(7-10)20-14-18-17-13(21-14)19(2)3/h6-8,16H,4-5,9H2,1-3H3. The minimum absolute atomic E-state index is 0.217. The van der Waals surface area contributed by atoms with Gasteiger partial charge in [-0.3, -0.25) is 0 Å². The molecule has 114 valence electrons. The van der Waals surface area contributed by atoms with E-state index < -0.39 is 0 Å². The van der Waals surface area contributed by atoms with Gasteiger partial charge in [-0.2, -0.15) is 0 Å². The lowest BCUT2D eigenvalue weighted by Gasteiger charge is -2.06. The molecule has 4 nitrogen and oxygen atoms in total. The average molecular weight is 326 g/mol. The van der Waals surface area contributed by atoms with Crippen LogP contribution in [0.1, 0.15) is 18.9 Å². The Kier molecular flexibility index (Phi) is 5.96. The largest absolute Gasteiger partial charge is 0.353 e. The van der Waals surface area contributed by atoms with Gasteiger partial charge >= 0.3 is 0 Å². The van der Waals surface area contributed by atoms with Crippen molar-refractivity contribution in [2.45, 2.75) is 29.1 Å². The number of hydrogen-bond acceptors (Lipinski definition) is 6. The predicted octanol–water partition coefficient (Wildman–Crippen LogP) is 3.39. The zero-order chi connectivity index (χ0) is 15.2. The summed E-state index contributed by atoms with van der Waals surface area (Å²) in [6.07, 6.45) is 1.06. The molecule has 0 aliphatic carbocycles. The van der Waals surface area contributed by atoms with Crippen molar-refractivity contribution in [1.29, 1.82) is 0 Å². The summed E-state index contributed by atoms with van der Waals surface area (Å²) in [5.74, 6) is -0.217. The summed E-state index contributed by atoms with van der Waals surface area (Å²) >= 11 is 2.94. The molecule has 0 fully saturated rings. The second-order valence-electron chi connectivity index (χ2n) is 4.82. The first-order valence-corrected chi connectivity index (χ1v) is 8.40. The van der Waals surface area contributed by atoms with Crippen LogP contribution in [0.4, 0.5) is 9.52 Å². The molecule has 0 bridgehead atoms. The number of nitrogens with one attached hydrogen (secondary N) is 1. The van der Waals surface area contributed by atoms with Gasteiger partial charge in [-0.1, -0.05) is 30.0 Å². The van der Waals surface area contributed by atoms with Gasteiger partial charge in [0.2, 0.25) is 5.13 Å². The van der Waals surface area contributed by atoms with Crippen molar-refractivity contribution >= 4 is 28.2 Å². The van der Waals surface area contributed by atoms with Crippen molar-refractivity contribution in [3.8, 4) is 0 Å². The van der Waals surface area contributed by atoms with Gasteiger partial charge in [-0.25, -0.2) is 4.39 Å². The number of aromatic nitrogens is 2. The van der Waals surface area contributed by atoms with Crippen molar-refractivity contribution in [2.75, 3.05) is 25.5 Å². The highest BCUT2D eigenvalue weighted by atomic mass is 32.2. The van der Waals surface area contributed by atoms with Crippen LogP contribution in [-0.2, 0) is 6.54 Å². The number of hydrogen-bond donors (Lipinski definition) is 1. The predicted molar refractivity (Wildman–Crippen MR) is 86.8 cm³/mol. The SMILES string of the molecule is CCCNCc1cc(F)cc(Sc2nnc(N(C)C)s2)c1. The Hall–Kier alpha value is -1.18.